The molecule has 1 aliphatic heterocycles. The van der Waals surface area contributed by atoms with Gasteiger partial charge >= 0.3 is 0 Å². The normalized spacial score (nSPS) is 14.8. The SMILES string of the molecule is CCOc1ccc(C(=O)N2CCN(Cc3ccccc3Cl)CC2)cc1OCC. The first-order chi connectivity index (χ1) is 13.6. The van der Waals surface area contributed by atoms with Gasteiger partial charge in [0.2, 0.25) is 0 Å². The molecule has 2 aromatic rings. The summed E-state index contributed by atoms with van der Waals surface area (Å²) in [6.07, 6.45) is 0. The lowest BCUT2D eigenvalue weighted by molar-refractivity contribution is 0.0628. The second-order valence-electron chi connectivity index (χ2n) is 6.69. The lowest BCUT2D eigenvalue weighted by Crippen LogP contribution is -2.48. The molecule has 1 heterocycles. The Labute approximate surface area is 171 Å². The van der Waals surface area contributed by atoms with Crippen molar-refractivity contribution in [1.29, 1.82) is 0 Å². The van der Waals surface area contributed by atoms with E-state index < -0.39 is 0 Å². The first-order valence-electron chi connectivity index (χ1n) is 9.77. The molecule has 0 saturated carbocycles. The number of carbonyl (C=O) groups is 1. The highest BCUT2D eigenvalue weighted by atomic mass is 35.5. The molecule has 0 aromatic heterocycles. The van der Waals surface area contributed by atoms with Crippen molar-refractivity contribution in [3.05, 3.63) is 58.6 Å². The molecule has 1 amide bonds. The van der Waals surface area contributed by atoms with E-state index in [1.165, 1.54) is 0 Å². The molecule has 6 heteroatoms. The summed E-state index contributed by atoms with van der Waals surface area (Å²) >= 11 is 6.27. The third-order valence-electron chi connectivity index (χ3n) is 4.80. The van der Waals surface area contributed by atoms with Crippen molar-refractivity contribution in [2.24, 2.45) is 0 Å². The van der Waals surface area contributed by atoms with Crippen LogP contribution < -0.4 is 9.47 Å². The summed E-state index contributed by atoms with van der Waals surface area (Å²) in [7, 11) is 0. The molecule has 2 aromatic carbocycles. The number of hydrogen-bond acceptors (Lipinski definition) is 4. The molecule has 1 fully saturated rings. The summed E-state index contributed by atoms with van der Waals surface area (Å²) in [6.45, 7) is 8.78. The third-order valence-corrected chi connectivity index (χ3v) is 5.17. The van der Waals surface area contributed by atoms with Crippen LogP contribution in [0.1, 0.15) is 29.8 Å². The predicted molar refractivity (Wildman–Crippen MR) is 111 cm³/mol. The Kier molecular flexibility index (Phi) is 7.18. The Balaban J connectivity index is 1.62. The zero-order valence-electron chi connectivity index (χ0n) is 16.5. The van der Waals surface area contributed by atoms with E-state index >= 15 is 0 Å². The number of amides is 1. The zero-order valence-corrected chi connectivity index (χ0v) is 17.2. The number of benzene rings is 2. The van der Waals surface area contributed by atoms with E-state index in [-0.39, 0.29) is 5.91 Å². The van der Waals surface area contributed by atoms with Crippen LogP contribution in [-0.2, 0) is 6.54 Å². The van der Waals surface area contributed by atoms with Crippen molar-refractivity contribution >= 4 is 17.5 Å². The number of rotatable bonds is 7. The van der Waals surface area contributed by atoms with Gasteiger partial charge in [-0.2, -0.15) is 0 Å². The number of piperazine rings is 1. The van der Waals surface area contributed by atoms with Crippen molar-refractivity contribution in [3.8, 4) is 11.5 Å². The van der Waals surface area contributed by atoms with E-state index in [1.54, 1.807) is 6.07 Å². The molecule has 5 nitrogen and oxygen atoms in total. The highest BCUT2D eigenvalue weighted by molar-refractivity contribution is 6.31. The Morgan fingerprint density at radius 3 is 2.32 bits per heavy atom. The molecule has 0 radical (unpaired) electrons. The summed E-state index contributed by atoms with van der Waals surface area (Å²) in [6, 6.07) is 13.3. The highest BCUT2D eigenvalue weighted by Crippen LogP contribution is 2.29. The lowest BCUT2D eigenvalue weighted by Gasteiger charge is -2.35. The standard InChI is InChI=1S/C22H27ClN2O3/c1-3-27-20-10-9-17(15-21(20)28-4-2)22(26)25-13-11-24(12-14-25)16-18-7-5-6-8-19(18)23/h5-10,15H,3-4,11-14,16H2,1-2H3. The van der Waals surface area contributed by atoms with Crippen LogP contribution in [0.2, 0.25) is 5.02 Å². The topological polar surface area (TPSA) is 42.0 Å². The van der Waals surface area contributed by atoms with Crippen molar-refractivity contribution in [1.82, 2.24) is 9.80 Å². The van der Waals surface area contributed by atoms with Gasteiger partial charge in [-0.05, 0) is 43.7 Å². The van der Waals surface area contributed by atoms with E-state index in [0.29, 0.717) is 43.4 Å². The van der Waals surface area contributed by atoms with Crippen molar-refractivity contribution < 1.29 is 14.3 Å². The first kappa shape index (κ1) is 20.5. The molecule has 0 aliphatic carbocycles. The minimum Gasteiger partial charge on any atom is -0.490 e. The van der Waals surface area contributed by atoms with Crippen molar-refractivity contribution in [3.63, 3.8) is 0 Å². The van der Waals surface area contributed by atoms with E-state index in [0.717, 1.165) is 30.2 Å². The maximum atomic E-state index is 12.9. The van der Waals surface area contributed by atoms with Crippen molar-refractivity contribution in [2.45, 2.75) is 20.4 Å². The van der Waals surface area contributed by atoms with Crippen molar-refractivity contribution in [2.75, 3.05) is 39.4 Å². The molecule has 3 rings (SSSR count). The van der Waals surface area contributed by atoms with Crippen LogP contribution in [0, 0.1) is 0 Å². The maximum Gasteiger partial charge on any atom is 0.254 e. The summed E-state index contributed by atoms with van der Waals surface area (Å²) in [5.74, 6) is 1.32. The van der Waals surface area contributed by atoms with Gasteiger partial charge in [0, 0.05) is 43.3 Å². The minimum atomic E-state index is 0.0291. The third kappa shape index (κ3) is 4.97. The number of carbonyl (C=O) groups excluding carboxylic acids is 1. The van der Waals surface area contributed by atoms with Crippen LogP contribution in [0.25, 0.3) is 0 Å². The molecule has 150 valence electrons. The van der Waals surface area contributed by atoms with Gasteiger partial charge < -0.3 is 14.4 Å². The van der Waals surface area contributed by atoms with Gasteiger partial charge in [-0.1, -0.05) is 29.8 Å². The quantitative estimate of drug-likeness (QED) is 0.699. The van der Waals surface area contributed by atoms with Gasteiger partial charge in [-0.25, -0.2) is 0 Å². The van der Waals surface area contributed by atoms with Crippen LogP contribution >= 0.6 is 11.6 Å². The number of nitrogens with zero attached hydrogens (tertiary/aromatic N) is 2. The van der Waals surface area contributed by atoms with Crippen LogP contribution in [-0.4, -0.2) is 55.1 Å². The number of hydrogen-bond donors (Lipinski definition) is 0. The molecular weight excluding hydrogens is 376 g/mol. The fourth-order valence-corrected chi connectivity index (χ4v) is 3.54. The van der Waals surface area contributed by atoms with E-state index in [1.807, 2.05) is 49.1 Å². The Morgan fingerprint density at radius 1 is 0.964 bits per heavy atom. The van der Waals surface area contributed by atoms with Crippen LogP contribution in [0.5, 0.6) is 11.5 Å². The predicted octanol–water partition coefficient (Wildman–Crippen LogP) is 4.10. The number of ether oxygens (including phenoxy) is 2. The fraction of sp³-hybridized carbons (Fsp3) is 0.409. The van der Waals surface area contributed by atoms with Gasteiger partial charge in [0.1, 0.15) is 0 Å². The lowest BCUT2D eigenvalue weighted by atomic mass is 10.1. The zero-order chi connectivity index (χ0) is 19.9. The summed E-state index contributed by atoms with van der Waals surface area (Å²) < 4.78 is 11.2. The first-order valence-corrected chi connectivity index (χ1v) is 10.1. The molecule has 1 aliphatic rings. The van der Waals surface area contributed by atoms with Gasteiger partial charge in [-0.3, -0.25) is 9.69 Å². The molecule has 0 N–H and O–H groups in total. The van der Waals surface area contributed by atoms with Gasteiger partial charge in [-0.15, -0.1) is 0 Å². The maximum absolute atomic E-state index is 12.9. The number of halogens is 1. The Morgan fingerprint density at radius 2 is 1.64 bits per heavy atom. The average Bonchev–Trinajstić information content (AvgIpc) is 2.71. The second kappa shape index (κ2) is 9.80. The molecular formula is C22H27ClN2O3. The van der Waals surface area contributed by atoms with E-state index in [9.17, 15) is 4.79 Å². The van der Waals surface area contributed by atoms with Crippen LogP contribution in [0.3, 0.4) is 0 Å². The van der Waals surface area contributed by atoms with Gasteiger partial charge in [0.15, 0.2) is 11.5 Å². The molecule has 0 atom stereocenters. The minimum absolute atomic E-state index is 0.0291. The largest absolute Gasteiger partial charge is 0.490 e. The van der Waals surface area contributed by atoms with Gasteiger partial charge in [0.05, 0.1) is 13.2 Å². The second-order valence-corrected chi connectivity index (χ2v) is 7.09. The molecule has 1 saturated heterocycles. The highest BCUT2D eigenvalue weighted by Gasteiger charge is 2.23. The molecule has 28 heavy (non-hydrogen) atoms. The monoisotopic (exact) mass is 402 g/mol. The van der Waals surface area contributed by atoms with Gasteiger partial charge in [0.25, 0.3) is 5.91 Å². The smallest absolute Gasteiger partial charge is 0.254 e. The van der Waals surface area contributed by atoms with E-state index in [2.05, 4.69) is 11.0 Å². The average molecular weight is 403 g/mol. The van der Waals surface area contributed by atoms with Crippen LogP contribution in [0.4, 0.5) is 0 Å². The summed E-state index contributed by atoms with van der Waals surface area (Å²) in [5, 5.41) is 0.791. The molecule has 0 unspecified atom stereocenters. The fourth-order valence-electron chi connectivity index (χ4n) is 3.34. The van der Waals surface area contributed by atoms with Crippen LogP contribution in [0.15, 0.2) is 42.5 Å². The summed E-state index contributed by atoms with van der Waals surface area (Å²) in [5.41, 5.74) is 1.75. The molecule has 0 spiro atoms. The summed E-state index contributed by atoms with van der Waals surface area (Å²) in [4.78, 5) is 17.2. The Bertz CT molecular complexity index is 804. The van der Waals surface area contributed by atoms with E-state index in [4.69, 9.17) is 21.1 Å². The molecule has 0 bridgehead atoms. The Hall–Kier alpha value is -2.24.